The van der Waals surface area contributed by atoms with Gasteiger partial charge in [0.15, 0.2) is 11.2 Å². The summed E-state index contributed by atoms with van der Waals surface area (Å²) in [5.41, 5.74) is 1.98. The van der Waals surface area contributed by atoms with Crippen molar-refractivity contribution >= 4 is 45.6 Å². The Balaban J connectivity index is 1.24. The third-order valence-electron chi connectivity index (χ3n) is 8.04. The molecule has 2 aliphatic heterocycles. The van der Waals surface area contributed by atoms with E-state index in [1.54, 1.807) is 46.9 Å². The van der Waals surface area contributed by atoms with Gasteiger partial charge >= 0.3 is 0 Å². The second kappa shape index (κ2) is 9.51. The third kappa shape index (κ3) is 3.79. The summed E-state index contributed by atoms with van der Waals surface area (Å²) >= 11 is 3.21. The van der Waals surface area contributed by atoms with Crippen LogP contribution < -0.4 is 9.47 Å². The molecule has 0 N–H and O–H groups in total. The third-order valence-corrected chi connectivity index (χ3v) is 10.0. The fourth-order valence-electron chi connectivity index (χ4n) is 5.98. The zero-order valence-electron chi connectivity index (χ0n) is 22.1. The van der Waals surface area contributed by atoms with Crippen LogP contribution in [0.3, 0.4) is 0 Å². The molecule has 0 aliphatic carbocycles. The molecule has 2 aliphatic rings. The van der Waals surface area contributed by atoms with E-state index in [4.69, 9.17) is 9.47 Å². The van der Waals surface area contributed by atoms with E-state index >= 15 is 0 Å². The van der Waals surface area contributed by atoms with Crippen LogP contribution in [0.15, 0.2) is 120 Å². The fraction of sp³-hybridized carbons (Fsp3) is 0.0556. The van der Waals surface area contributed by atoms with Crippen molar-refractivity contribution in [2.45, 2.75) is 11.2 Å². The lowest BCUT2D eigenvalue weighted by Gasteiger charge is -2.36. The summed E-state index contributed by atoms with van der Waals surface area (Å²) in [6.45, 7) is 0. The average molecular weight is 589 g/mol. The number of hydrogen-bond donors (Lipinski definition) is 0. The van der Waals surface area contributed by atoms with Crippen molar-refractivity contribution in [2.24, 2.45) is 0 Å². The molecular formula is C36H22F2O2S2. The lowest BCUT2D eigenvalue weighted by molar-refractivity contribution is 0.164. The predicted molar refractivity (Wildman–Crippen MR) is 166 cm³/mol. The molecule has 2 nitrogen and oxygen atoms in total. The first-order valence-electron chi connectivity index (χ1n) is 13.5. The van der Waals surface area contributed by atoms with Gasteiger partial charge in [-0.15, -0.1) is 22.7 Å². The second-order valence-corrected chi connectivity index (χ2v) is 12.3. The summed E-state index contributed by atoms with van der Waals surface area (Å²) in [5.74, 6) is 0.938. The Morgan fingerprint density at radius 1 is 0.500 bits per heavy atom. The molecule has 0 bridgehead atoms. The fourth-order valence-corrected chi connectivity index (χ4v) is 7.71. The van der Waals surface area contributed by atoms with Crippen LogP contribution >= 0.6 is 22.7 Å². The maximum absolute atomic E-state index is 13.8. The Hall–Kier alpha value is -4.52. The molecule has 4 heterocycles. The highest BCUT2D eigenvalue weighted by molar-refractivity contribution is 7.10. The number of hydrogen-bond acceptors (Lipinski definition) is 4. The van der Waals surface area contributed by atoms with Crippen LogP contribution in [-0.4, -0.2) is 0 Å². The molecule has 0 amide bonds. The van der Waals surface area contributed by atoms with Gasteiger partial charge in [0.05, 0.1) is 9.75 Å². The van der Waals surface area contributed by atoms with Crippen LogP contribution in [0.5, 0.6) is 11.5 Å². The Labute approximate surface area is 249 Å². The molecule has 0 saturated heterocycles. The van der Waals surface area contributed by atoms with E-state index in [-0.39, 0.29) is 11.6 Å². The van der Waals surface area contributed by atoms with E-state index in [0.717, 1.165) is 54.3 Å². The van der Waals surface area contributed by atoms with Gasteiger partial charge in [0.1, 0.15) is 23.1 Å². The summed E-state index contributed by atoms with van der Waals surface area (Å²) in [5, 5.41) is 6.13. The highest BCUT2D eigenvalue weighted by Gasteiger charge is 2.40. The highest BCUT2D eigenvalue weighted by atomic mass is 32.1. The molecule has 0 spiro atoms. The van der Waals surface area contributed by atoms with Crippen LogP contribution in [-0.2, 0) is 11.2 Å². The second-order valence-electron chi connectivity index (χ2n) is 10.4. The Morgan fingerprint density at radius 2 is 0.929 bits per heavy atom. The highest BCUT2D eigenvalue weighted by Crippen LogP contribution is 2.49. The summed E-state index contributed by atoms with van der Waals surface area (Å²) in [6, 6.07) is 29.2. The lowest BCUT2D eigenvalue weighted by atomic mass is 9.86. The first-order valence-corrected chi connectivity index (χ1v) is 15.3. The molecule has 4 aromatic carbocycles. The number of benzene rings is 4. The summed E-state index contributed by atoms with van der Waals surface area (Å²) < 4.78 is 41.3. The van der Waals surface area contributed by atoms with Crippen LogP contribution in [0.2, 0.25) is 0 Å². The Bertz CT molecular complexity index is 1850. The lowest BCUT2D eigenvalue weighted by Crippen LogP contribution is -2.33. The molecule has 2 unspecified atom stereocenters. The summed E-state index contributed by atoms with van der Waals surface area (Å²) in [4.78, 5) is 2.03. The van der Waals surface area contributed by atoms with E-state index < -0.39 is 11.2 Å². The van der Waals surface area contributed by atoms with E-state index in [9.17, 15) is 8.78 Å². The topological polar surface area (TPSA) is 18.5 Å². The molecular weight excluding hydrogens is 567 g/mol. The molecule has 2 atom stereocenters. The van der Waals surface area contributed by atoms with Gasteiger partial charge in [-0.2, -0.15) is 0 Å². The molecule has 0 fully saturated rings. The normalized spacial score (nSPS) is 20.5. The molecule has 2 aromatic heterocycles. The first kappa shape index (κ1) is 25.2. The minimum absolute atomic E-state index is 0.283. The number of rotatable bonds is 4. The van der Waals surface area contributed by atoms with Gasteiger partial charge < -0.3 is 9.47 Å². The summed E-state index contributed by atoms with van der Waals surface area (Å²) in [6.07, 6.45) is 8.35. The van der Waals surface area contributed by atoms with Gasteiger partial charge in [-0.1, -0.05) is 36.4 Å². The first-order chi connectivity index (χ1) is 20.6. The van der Waals surface area contributed by atoms with E-state index in [1.807, 2.05) is 47.2 Å². The minimum atomic E-state index is -0.852. The van der Waals surface area contributed by atoms with Crippen molar-refractivity contribution in [3.05, 3.63) is 164 Å². The number of ether oxygens (including phenoxy) is 2. The van der Waals surface area contributed by atoms with Crippen molar-refractivity contribution in [1.29, 1.82) is 0 Å². The van der Waals surface area contributed by atoms with Gasteiger partial charge in [-0.3, -0.25) is 0 Å². The number of thiophene rings is 2. The quantitative estimate of drug-likeness (QED) is 0.204. The molecule has 42 heavy (non-hydrogen) atoms. The standard InChI is InChI=1S/C36H22F2O2S2/c37-25-9-5-23(6-10-25)35(33-3-1-21-41-33)19-17-29-27-14-16-32-30(28(27)13-15-31(29)39-35)18-20-36(40-32,34-4-2-22-42-34)24-7-11-26(38)12-8-24/h1-22H. The summed E-state index contributed by atoms with van der Waals surface area (Å²) in [7, 11) is 0. The molecule has 6 aromatic rings. The Kier molecular flexibility index (Phi) is 5.71. The van der Waals surface area contributed by atoms with E-state index in [2.05, 4.69) is 36.4 Å². The monoisotopic (exact) mass is 588 g/mol. The van der Waals surface area contributed by atoms with Crippen molar-refractivity contribution in [2.75, 3.05) is 0 Å². The number of fused-ring (bicyclic) bond motifs is 5. The van der Waals surface area contributed by atoms with Gasteiger partial charge in [-0.25, -0.2) is 8.78 Å². The van der Waals surface area contributed by atoms with Crippen molar-refractivity contribution in [3.63, 3.8) is 0 Å². The van der Waals surface area contributed by atoms with Crippen LogP contribution in [0.25, 0.3) is 22.9 Å². The molecule has 0 radical (unpaired) electrons. The van der Waals surface area contributed by atoms with Gasteiger partial charge in [0, 0.05) is 22.3 Å². The van der Waals surface area contributed by atoms with E-state index in [1.165, 1.54) is 24.3 Å². The molecule has 8 rings (SSSR count). The predicted octanol–water partition coefficient (Wildman–Crippen LogP) is 9.94. The van der Waals surface area contributed by atoms with Crippen LogP contribution in [0.4, 0.5) is 8.78 Å². The maximum Gasteiger partial charge on any atom is 0.187 e. The van der Waals surface area contributed by atoms with Gasteiger partial charge in [-0.05, 0) is 107 Å². The maximum atomic E-state index is 13.8. The van der Waals surface area contributed by atoms with Crippen molar-refractivity contribution in [1.82, 2.24) is 0 Å². The van der Waals surface area contributed by atoms with Crippen LogP contribution in [0, 0.1) is 11.6 Å². The van der Waals surface area contributed by atoms with Crippen molar-refractivity contribution < 1.29 is 18.3 Å². The zero-order chi connectivity index (χ0) is 28.3. The Morgan fingerprint density at radius 3 is 1.31 bits per heavy atom. The van der Waals surface area contributed by atoms with Gasteiger partial charge in [0.25, 0.3) is 0 Å². The van der Waals surface area contributed by atoms with Gasteiger partial charge in [0.2, 0.25) is 0 Å². The average Bonchev–Trinajstić information content (AvgIpc) is 3.77. The molecule has 204 valence electrons. The molecule has 0 saturated carbocycles. The molecule has 6 heteroatoms. The number of halogens is 2. The smallest absolute Gasteiger partial charge is 0.187 e. The SMILES string of the molecule is Fc1ccc(C2(c3cccs3)C=Cc3c(ccc4c5c(ccc34)OC(c3ccc(F)cc3)(c3cccs3)C=C5)O2)cc1. The van der Waals surface area contributed by atoms with Crippen molar-refractivity contribution in [3.8, 4) is 11.5 Å². The minimum Gasteiger partial charge on any atom is -0.472 e. The largest absolute Gasteiger partial charge is 0.472 e. The van der Waals surface area contributed by atoms with E-state index in [0.29, 0.717) is 0 Å². The van der Waals surface area contributed by atoms with Crippen LogP contribution in [0.1, 0.15) is 32.0 Å². The zero-order valence-corrected chi connectivity index (χ0v) is 23.7.